The standard InChI is InChI=1S/C18H13ClN4O5/c1-10-2-5-13(23(27)28)8-15(10)20-9-14-16(24)21-18(26)22(17(14)25)12-6-3-11(19)4-7-12/h2-9,14H,1H3,(H,21,24,26)/t14-/m1/s1. The molecule has 1 aliphatic heterocycles. The minimum Gasteiger partial charge on any atom is -0.276 e. The quantitative estimate of drug-likeness (QED) is 0.365. The van der Waals surface area contributed by atoms with Crippen LogP contribution in [-0.2, 0) is 9.59 Å². The van der Waals surface area contributed by atoms with Gasteiger partial charge in [0, 0.05) is 23.4 Å². The SMILES string of the molecule is Cc1ccc([N+](=O)[O-])cc1N=C[C@@H]1C(=O)NC(=O)N(c2ccc(Cl)cc2)C1=O. The zero-order valence-electron chi connectivity index (χ0n) is 14.5. The Kier molecular flexibility index (Phi) is 5.18. The molecule has 1 heterocycles. The van der Waals surface area contributed by atoms with Crippen molar-refractivity contribution in [3.8, 4) is 0 Å². The number of urea groups is 1. The number of rotatable bonds is 4. The lowest BCUT2D eigenvalue weighted by molar-refractivity contribution is -0.384. The Balaban J connectivity index is 1.92. The number of benzene rings is 2. The van der Waals surface area contributed by atoms with Gasteiger partial charge >= 0.3 is 6.03 Å². The molecule has 2 aromatic rings. The Bertz CT molecular complexity index is 1020. The van der Waals surface area contributed by atoms with Crippen LogP contribution in [0.3, 0.4) is 0 Å². The molecule has 142 valence electrons. The fourth-order valence-corrected chi connectivity index (χ4v) is 2.69. The highest BCUT2D eigenvalue weighted by atomic mass is 35.5. The number of carbonyl (C=O) groups is 3. The van der Waals surface area contributed by atoms with Gasteiger partial charge < -0.3 is 0 Å². The van der Waals surface area contributed by atoms with E-state index >= 15 is 0 Å². The summed E-state index contributed by atoms with van der Waals surface area (Å²) in [6.45, 7) is 1.68. The van der Waals surface area contributed by atoms with Gasteiger partial charge in [-0.15, -0.1) is 0 Å². The van der Waals surface area contributed by atoms with Crippen LogP contribution >= 0.6 is 11.6 Å². The van der Waals surface area contributed by atoms with Crippen molar-refractivity contribution in [2.45, 2.75) is 6.92 Å². The maximum absolute atomic E-state index is 12.7. The summed E-state index contributed by atoms with van der Waals surface area (Å²) >= 11 is 5.82. The zero-order chi connectivity index (χ0) is 20.4. The lowest BCUT2D eigenvalue weighted by Crippen LogP contribution is -2.58. The second-order valence-corrected chi connectivity index (χ2v) is 6.36. The first kappa shape index (κ1) is 19.2. The molecule has 0 unspecified atom stereocenters. The smallest absolute Gasteiger partial charge is 0.276 e. The van der Waals surface area contributed by atoms with Gasteiger partial charge in [-0.05, 0) is 36.8 Å². The van der Waals surface area contributed by atoms with Crippen LogP contribution in [0.1, 0.15) is 5.56 Å². The molecule has 1 N–H and O–H groups in total. The number of imide groups is 2. The topological polar surface area (TPSA) is 122 Å². The summed E-state index contributed by atoms with van der Waals surface area (Å²) in [5.41, 5.74) is 0.931. The van der Waals surface area contributed by atoms with Crippen LogP contribution in [0, 0.1) is 23.0 Å². The van der Waals surface area contributed by atoms with E-state index in [1.54, 1.807) is 6.92 Å². The molecule has 2 aromatic carbocycles. The first-order chi connectivity index (χ1) is 13.3. The molecule has 0 radical (unpaired) electrons. The summed E-state index contributed by atoms with van der Waals surface area (Å²) in [7, 11) is 0. The largest absolute Gasteiger partial charge is 0.335 e. The number of hydrogen-bond donors (Lipinski definition) is 1. The molecule has 0 aromatic heterocycles. The minimum absolute atomic E-state index is 0.171. The van der Waals surface area contributed by atoms with E-state index in [2.05, 4.69) is 10.3 Å². The van der Waals surface area contributed by atoms with Gasteiger partial charge in [-0.1, -0.05) is 17.7 Å². The van der Waals surface area contributed by atoms with Crippen molar-refractivity contribution >= 4 is 52.7 Å². The normalized spacial score (nSPS) is 17.1. The Hall–Kier alpha value is -3.59. The molecule has 0 bridgehead atoms. The number of hydrogen-bond acceptors (Lipinski definition) is 6. The molecular weight excluding hydrogens is 388 g/mol. The number of nitrogens with one attached hydrogen (secondary N) is 1. The number of nitrogens with zero attached hydrogens (tertiary/aromatic N) is 3. The molecule has 1 atom stereocenters. The molecule has 4 amide bonds. The molecule has 0 saturated carbocycles. The van der Waals surface area contributed by atoms with Crippen molar-refractivity contribution in [1.82, 2.24) is 5.32 Å². The average Bonchev–Trinajstić information content (AvgIpc) is 2.64. The first-order valence-corrected chi connectivity index (χ1v) is 8.39. The second kappa shape index (κ2) is 7.57. The molecule has 28 heavy (non-hydrogen) atoms. The predicted molar refractivity (Wildman–Crippen MR) is 102 cm³/mol. The van der Waals surface area contributed by atoms with Gasteiger partial charge in [0.05, 0.1) is 16.3 Å². The Morgan fingerprint density at radius 3 is 2.50 bits per heavy atom. The number of halogens is 1. The van der Waals surface area contributed by atoms with Crippen LogP contribution in [0.15, 0.2) is 47.5 Å². The van der Waals surface area contributed by atoms with Gasteiger partial charge in [-0.3, -0.25) is 30.0 Å². The van der Waals surface area contributed by atoms with E-state index in [0.29, 0.717) is 10.6 Å². The number of carbonyl (C=O) groups excluding carboxylic acids is 3. The van der Waals surface area contributed by atoms with Crippen LogP contribution in [0.2, 0.25) is 5.02 Å². The molecule has 1 saturated heterocycles. The van der Waals surface area contributed by atoms with E-state index in [0.717, 1.165) is 11.1 Å². The van der Waals surface area contributed by atoms with Gasteiger partial charge in [0.25, 0.3) is 11.6 Å². The summed E-state index contributed by atoms with van der Waals surface area (Å²) in [5.74, 6) is -2.98. The highest BCUT2D eigenvalue weighted by Gasteiger charge is 2.40. The van der Waals surface area contributed by atoms with E-state index in [1.807, 2.05) is 0 Å². The summed E-state index contributed by atoms with van der Waals surface area (Å²) in [4.78, 5) is 52.2. The summed E-state index contributed by atoms with van der Waals surface area (Å²) < 4.78 is 0. The number of non-ortho nitro benzene ring substituents is 1. The Morgan fingerprint density at radius 2 is 1.86 bits per heavy atom. The lowest BCUT2D eigenvalue weighted by Gasteiger charge is -2.28. The van der Waals surface area contributed by atoms with Crippen molar-refractivity contribution in [1.29, 1.82) is 0 Å². The first-order valence-electron chi connectivity index (χ1n) is 8.01. The van der Waals surface area contributed by atoms with Gasteiger partial charge in [-0.2, -0.15) is 0 Å². The molecule has 3 rings (SSSR count). The number of nitro benzene ring substituents is 1. The summed E-state index contributed by atoms with van der Waals surface area (Å²) in [6.07, 6.45) is 1.07. The third kappa shape index (κ3) is 3.74. The van der Waals surface area contributed by atoms with E-state index in [4.69, 9.17) is 11.6 Å². The molecule has 1 fully saturated rings. The summed E-state index contributed by atoms with van der Waals surface area (Å²) in [5, 5.41) is 13.4. The monoisotopic (exact) mass is 400 g/mol. The van der Waals surface area contributed by atoms with Crippen LogP contribution in [0.4, 0.5) is 21.9 Å². The fraction of sp³-hybridized carbons (Fsp3) is 0.111. The minimum atomic E-state index is -1.37. The highest BCUT2D eigenvalue weighted by molar-refractivity contribution is 6.33. The number of aliphatic imine (C=N–C) groups is 1. The number of barbiturate groups is 1. The van der Waals surface area contributed by atoms with Gasteiger partial charge in [-0.25, -0.2) is 9.69 Å². The molecule has 0 aliphatic carbocycles. The Morgan fingerprint density at radius 1 is 1.18 bits per heavy atom. The molecule has 10 heteroatoms. The number of amides is 4. The average molecular weight is 401 g/mol. The zero-order valence-corrected chi connectivity index (χ0v) is 15.2. The highest BCUT2D eigenvalue weighted by Crippen LogP contribution is 2.26. The van der Waals surface area contributed by atoms with Gasteiger partial charge in [0.2, 0.25) is 5.91 Å². The van der Waals surface area contributed by atoms with E-state index < -0.39 is 28.7 Å². The van der Waals surface area contributed by atoms with E-state index in [1.165, 1.54) is 42.5 Å². The Labute approximate surface area is 163 Å². The van der Waals surface area contributed by atoms with Crippen LogP contribution < -0.4 is 10.2 Å². The fourth-order valence-electron chi connectivity index (χ4n) is 2.56. The van der Waals surface area contributed by atoms with Crippen molar-refractivity contribution < 1.29 is 19.3 Å². The van der Waals surface area contributed by atoms with Crippen LogP contribution in [-0.4, -0.2) is 29.0 Å². The maximum atomic E-state index is 12.7. The van der Waals surface area contributed by atoms with Crippen molar-refractivity contribution in [2.24, 2.45) is 10.9 Å². The maximum Gasteiger partial charge on any atom is 0.335 e. The van der Waals surface area contributed by atoms with E-state index in [-0.39, 0.29) is 17.1 Å². The summed E-state index contributed by atoms with van der Waals surface area (Å²) in [6, 6.07) is 9.13. The number of aryl methyl sites for hydroxylation is 1. The van der Waals surface area contributed by atoms with Gasteiger partial charge in [0.1, 0.15) is 0 Å². The van der Waals surface area contributed by atoms with Crippen molar-refractivity contribution in [3.63, 3.8) is 0 Å². The van der Waals surface area contributed by atoms with Crippen LogP contribution in [0.25, 0.3) is 0 Å². The van der Waals surface area contributed by atoms with E-state index in [9.17, 15) is 24.5 Å². The predicted octanol–water partition coefficient (Wildman–Crippen LogP) is 3.16. The second-order valence-electron chi connectivity index (χ2n) is 5.93. The number of nitro groups is 1. The third-order valence-corrected chi connectivity index (χ3v) is 4.31. The van der Waals surface area contributed by atoms with Gasteiger partial charge in [0.15, 0.2) is 5.92 Å². The van der Waals surface area contributed by atoms with Crippen molar-refractivity contribution in [3.05, 3.63) is 63.2 Å². The molecule has 9 nitrogen and oxygen atoms in total. The molecule has 1 aliphatic rings. The van der Waals surface area contributed by atoms with Crippen molar-refractivity contribution in [2.75, 3.05) is 4.90 Å². The molecule has 0 spiro atoms. The van der Waals surface area contributed by atoms with Crippen LogP contribution in [0.5, 0.6) is 0 Å². The molecular formula is C18H13ClN4O5. The third-order valence-electron chi connectivity index (χ3n) is 4.05. The number of anilines is 1. The lowest BCUT2D eigenvalue weighted by atomic mass is 10.1.